The van der Waals surface area contributed by atoms with Gasteiger partial charge in [-0.2, -0.15) is 17.6 Å². The van der Waals surface area contributed by atoms with Crippen molar-refractivity contribution in [1.29, 1.82) is 0 Å². The molecule has 3 aromatic rings. The Bertz CT molecular complexity index is 1100. The Kier molecular flexibility index (Phi) is 6.08. The lowest BCUT2D eigenvalue weighted by Crippen LogP contribution is -2.27. The summed E-state index contributed by atoms with van der Waals surface area (Å²) in [6.07, 6.45) is 1.26. The van der Waals surface area contributed by atoms with Crippen molar-refractivity contribution in [2.75, 3.05) is 10.6 Å². The van der Waals surface area contributed by atoms with Gasteiger partial charge in [-0.05, 0) is 45.0 Å². The van der Waals surface area contributed by atoms with Crippen LogP contribution in [0.4, 0.5) is 34.9 Å². The molecule has 2 N–H and O–H groups in total. The minimum absolute atomic E-state index is 0.1000. The first-order valence-electron chi connectivity index (χ1n) is 9.85. The molecule has 0 radical (unpaired) electrons. The van der Waals surface area contributed by atoms with Gasteiger partial charge in [0.05, 0.1) is 0 Å². The summed E-state index contributed by atoms with van der Waals surface area (Å²) in [6, 6.07) is 8.53. The Morgan fingerprint density at radius 2 is 1.41 bits per heavy atom. The van der Waals surface area contributed by atoms with Crippen LogP contribution in [0.3, 0.4) is 0 Å². The van der Waals surface area contributed by atoms with Gasteiger partial charge in [0, 0.05) is 37.3 Å². The molecule has 0 aliphatic carbocycles. The molecule has 0 unspecified atom stereocenters. The Hall–Kier alpha value is -3.30. The van der Waals surface area contributed by atoms with Gasteiger partial charge in [-0.25, -0.2) is 15.0 Å². The fraction of sp³-hybridized carbons (Fsp3) is 0.364. The van der Waals surface area contributed by atoms with E-state index in [2.05, 4.69) is 30.6 Å². The lowest BCUT2D eigenvalue weighted by Gasteiger charge is -2.22. The molecule has 0 bridgehead atoms. The number of aromatic nitrogens is 4. The molecular weight excluding hydrogens is 424 g/mol. The molecule has 0 aliphatic heterocycles. The number of nitrogens with zero attached hydrogens (tertiary/aromatic N) is 4. The summed E-state index contributed by atoms with van der Waals surface area (Å²) >= 11 is 0. The molecule has 0 spiro atoms. The van der Waals surface area contributed by atoms with Gasteiger partial charge in [-0.15, -0.1) is 0 Å². The molecule has 0 saturated heterocycles. The van der Waals surface area contributed by atoms with Crippen molar-refractivity contribution in [2.45, 2.75) is 52.0 Å². The van der Waals surface area contributed by atoms with Crippen LogP contribution in [0.1, 0.15) is 46.0 Å². The smallest absolute Gasteiger partial charge is 0.287 e. The number of rotatable bonds is 6. The van der Waals surface area contributed by atoms with E-state index in [1.165, 1.54) is 36.5 Å². The summed E-state index contributed by atoms with van der Waals surface area (Å²) in [5.41, 5.74) is -0.677. The molecule has 170 valence electrons. The molecule has 0 amide bonds. The molecule has 3 heterocycles. The van der Waals surface area contributed by atoms with Crippen LogP contribution in [-0.4, -0.2) is 25.5 Å². The number of pyridine rings is 2. The van der Waals surface area contributed by atoms with Gasteiger partial charge in [-0.3, -0.25) is 4.98 Å². The van der Waals surface area contributed by atoms with Crippen LogP contribution in [0.5, 0.6) is 0 Å². The number of anilines is 3. The van der Waals surface area contributed by atoms with Gasteiger partial charge < -0.3 is 10.6 Å². The van der Waals surface area contributed by atoms with Crippen molar-refractivity contribution >= 4 is 17.3 Å². The highest BCUT2D eigenvalue weighted by molar-refractivity contribution is 5.64. The van der Waals surface area contributed by atoms with Crippen LogP contribution in [-0.2, 0) is 11.8 Å². The first-order chi connectivity index (χ1) is 14.7. The lowest BCUT2D eigenvalue weighted by molar-refractivity contribution is 0.0122. The first-order valence-corrected chi connectivity index (χ1v) is 9.85. The van der Waals surface area contributed by atoms with Crippen molar-refractivity contribution in [3.8, 4) is 11.5 Å². The molecule has 3 aromatic heterocycles. The second kappa shape index (κ2) is 8.33. The molecule has 3 rings (SSSR count). The molecule has 0 aliphatic rings. The third kappa shape index (κ3) is 6.12. The van der Waals surface area contributed by atoms with E-state index >= 15 is 0 Å². The van der Waals surface area contributed by atoms with Crippen molar-refractivity contribution in [1.82, 2.24) is 19.9 Å². The highest BCUT2D eigenvalue weighted by atomic mass is 19.3. The van der Waals surface area contributed by atoms with Crippen LogP contribution in [0, 0.1) is 0 Å². The molecule has 10 heteroatoms. The molecule has 0 aromatic carbocycles. The van der Waals surface area contributed by atoms with E-state index in [4.69, 9.17) is 0 Å². The Labute approximate surface area is 183 Å². The van der Waals surface area contributed by atoms with Gasteiger partial charge in [0.1, 0.15) is 28.7 Å². The maximum absolute atomic E-state index is 13.8. The van der Waals surface area contributed by atoms with Gasteiger partial charge in [-0.1, -0.05) is 6.07 Å². The zero-order valence-electron chi connectivity index (χ0n) is 18.3. The van der Waals surface area contributed by atoms with Gasteiger partial charge >= 0.3 is 0 Å². The van der Waals surface area contributed by atoms with Crippen molar-refractivity contribution < 1.29 is 17.6 Å². The van der Waals surface area contributed by atoms with E-state index in [0.717, 1.165) is 13.8 Å². The maximum atomic E-state index is 13.8. The summed E-state index contributed by atoms with van der Waals surface area (Å²) < 4.78 is 54.8. The van der Waals surface area contributed by atoms with Gasteiger partial charge in [0.15, 0.2) is 5.82 Å². The zero-order chi connectivity index (χ0) is 23.7. The van der Waals surface area contributed by atoms with Gasteiger partial charge in [0.2, 0.25) is 0 Å². The predicted molar refractivity (Wildman–Crippen MR) is 115 cm³/mol. The summed E-state index contributed by atoms with van der Waals surface area (Å²) in [6.45, 7) is 7.30. The summed E-state index contributed by atoms with van der Waals surface area (Å²) in [5, 5.41) is 6.16. The third-order valence-electron chi connectivity index (χ3n) is 4.14. The van der Waals surface area contributed by atoms with E-state index in [1.807, 2.05) is 20.8 Å². The zero-order valence-corrected chi connectivity index (χ0v) is 18.3. The molecule has 0 saturated carbocycles. The van der Waals surface area contributed by atoms with Crippen LogP contribution >= 0.6 is 0 Å². The highest BCUT2D eigenvalue weighted by Crippen LogP contribution is 2.30. The average molecular weight is 448 g/mol. The van der Waals surface area contributed by atoms with Crippen molar-refractivity contribution in [3.63, 3.8) is 0 Å². The largest absolute Gasteiger partial charge is 0.365 e. The molecular formula is C22H24F4N6. The number of nitrogens with one attached hydrogen (secondary N) is 2. The Balaban J connectivity index is 2.05. The second-order valence-electron chi connectivity index (χ2n) is 8.58. The van der Waals surface area contributed by atoms with Crippen molar-refractivity contribution in [2.24, 2.45) is 0 Å². The first kappa shape index (κ1) is 23.4. The van der Waals surface area contributed by atoms with Crippen LogP contribution in [0.25, 0.3) is 11.5 Å². The lowest BCUT2D eigenvalue weighted by atomic mass is 10.1. The van der Waals surface area contributed by atoms with Crippen molar-refractivity contribution in [3.05, 3.63) is 54.0 Å². The average Bonchev–Trinajstić information content (AvgIpc) is 2.65. The molecule has 32 heavy (non-hydrogen) atoms. The van der Waals surface area contributed by atoms with Crippen LogP contribution < -0.4 is 10.6 Å². The van der Waals surface area contributed by atoms with E-state index in [1.54, 1.807) is 6.07 Å². The highest BCUT2D eigenvalue weighted by Gasteiger charge is 2.27. The monoisotopic (exact) mass is 448 g/mol. The SMILES string of the molecule is CC(C)(C)Nc1cc(Nc2ccnc(C(C)(F)F)c2)nc(-c2cccc(C(C)(F)F)n2)n1. The fourth-order valence-electron chi connectivity index (χ4n) is 2.77. The predicted octanol–water partition coefficient (Wildman–Crippen LogP) is 6.11. The minimum atomic E-state index is -3.13. The van der Waals surface area contributed by atoms with Gasteiger partial charge in [0.25, 0.3) is 11.8 Å². The summed E-state index contributed by atoms with van der Waals surface area (Å²) in [5.74, 6) is -5.45. The topological polar surface area (TPSA) is 75.6 Å². The fourth-order valence-corrected chi connectivity index (χ4v) is 2.77. The van der Waals surface area contributed by atoms with E-state index in [9.17, 15) is 17.6 Å². The summed E-state index contributed by atoms with van der Waals surface area (Å²) in [4.78, 5) is 16.5. The maximum Gasteiger partial charge on any atom is 0.287 e. The molecule has 0 atom stereocenters. The number of alkyl halides is 4. The van der Waals surface area contributed by atoms with E-state index in [-0.39, 0.29) is 22.9 Å². The van der Waals surface area contributed by atoms with Crippen LogP contribution in [0.2, 0.25) is 0 Å². The Morgan fingerprint density at radius 1 is 0.750 bits per heavy atom. The van der Waals surface area contributed by atoms with Crippen LogP contribution in [0.15, 0.2) is 42.6 Å². The number of hydrogen-bond donors (Lipinski definition) is 2. The Morgan fingerprint density at radius 3 is 2.03 bits per heavy atom. The molecule has 0 fully saturated rings. The number of hydrogen-bond acceptors (Lipinski definition) is 6. The van der Waals surface area contributed by atoms with E-state index in [0.29, 0.717) is 11.5 Å². The number of halogens is 4. The minimum Gasteiger partial charge on any atom is -0.365 e. The standard InChI is InChI=1S/C22H24F4N6/c1-20(2,3)32-18-12-17(28-13-9-10-27-16(11-13)22(5,25)26)30-19(31-18)14-7-6-8-15(29-14)21(4,23)24/h6-12H,1-5H3,(H2,27,28,30,31,32). The van der Waals surface area contributed by atoms with E-state index < -0.39 is 23.2 Å². The quantitative estimate of drug-likeness (QED) is 0.443. The normalized spacial score (nSPS) is 12.5. The summed E-state index contributed by atoms with van der Waals surface area (Å²) in [7, 11) is 0. The molecule has 6 nitrogen and oxygen atoms in total. The second-order valence-corrected chi connectivity index (χ2v) is 8.58. The third-order valence-corrected chi connectivity index (χ3v) is 4.14.